The zero-order chi connectivity index (χ0) is 49.6. The van der Waals surface area contributed by atoms with Crippen LogP contribution in [0.15, 0.2) is 195 Å². The summed E-state index contributed by atoms with van der Waals surface area (Å²) in [5, 5.41) is 0. The van der Waals surface area contributed by atoms with Crippen molar-refractivity contribution in [2.45, 2.75) is 0 Å². The van der Waals surface area contributed by atoms with Gasteiger partial charge in [-0.15, -0.1) is 0 Å². The van der Waals surface area contributed by atoms with Crippen LogP contribution < -0.4 is 14.7 Å². The first-order chi connectivity index (χ1) is 35.1. The Balaban J connectivity index is 1.04. The van der Waals surface area contributed by atoms with E-state index in [2.05, 4.69) is 106 Å². The molecule has 0 bridgehead atoms. The summed E-state index contributed by atoms with van der Waals surface area (Å²) in [6.45, 7) is 0. The van der Waals surface area contributed by atoms with Gasteiger partial charge in [-0.05, 0) is 89.5 Å². The number of hydrogen-bond acceptors (Lipinski definition) is 9. The average molecular weight is 943 g/mol. The minimum Gasteiger partial charge on any atom is -0.436 e. The second-order valence-electron chi connectivity index (χ2n) is 18.0. The highest BCUT2D eigenvalue weighted by Gasteiger charge is 2.19. The SMILES string of the molecule is CN(C)c1ccc(-c2nc(/C=C/c3cc(/C=C/c4nc(-c5ccc(N(C)C)cc5)c(-c5ccccc5)o4)cc(/C=C/c4nc(-c5ccc(N(C)C)cc5)c(-c5ccccc5)o4)c3)oc2-c2ccccc2)cc1. The van der Waals surface area contributed by atoms with Gasteiger partial charge in [0, 0.05) is 111 Å². The molecule has 0 spiro atoms. The molecule has 0 N–H and O–H groups in total. The number of rotatable bonds is 15. The summed E-state index contributed by atoms with van der Waals surface area (Å²) in [5.74, 6) is 3.56. The lowest BCUT2D eigenvalue weighted by molar-refractivity contribution is 0.560. The lowest BCUT2D eigenvalue weighted by Gasteiger charge is -2.12. The third kappa shape index (κ3) is 10.5. The third-order valence-corrected chi connectivity index (χ3v) is 12.3. The van der Waals surface area contributed by atoms with Gasteiger partial charge in [-0.1, -0.05) is 127 Å². The van der Waals surface area contributed by atoms with Crippen LogP contribution in [0.25, 0.3) is 104 Å². The van der Waals surface area contributed by atoms with E-state index < -0.39 is 0 Å². The van der Waals surface area contributed by atoms with E-state index >= 15 is 0 Å². The van der Waals surface area contributed by atoms with Crippen LogP contribution in [0.3, 0.4) is 0 Å². The van der Waals surface area contributed by atoms with Crippen molar-refractivity contribution in [2.75, 3.05) is 57.0 Å². The van der Waals surface area contributed by atoms with Crippen LogP contribution in [0.1, 0.15) is 34.4 Å². The van der Waals surface area contributed by atoms with E-state index in [1.165, 1.54) is 0 Å². The fourth-order valence-corrected chi connectivity index (χ4v) is 8.41. The van der Waals surface area contributed by atoms with Crippen LogP contribution in [-0.2, 0) is 0 Å². The summed E-state index contributed by atoms with van der Waals surface area (Å²) in [5.41, 5.74) is 14.1. The van der Waals surface area contributed by atoms with Gasteiger partial charge < -0.3 is 28.0 Å². The maximum absolute atomic E-state index is 6.55. The summed E-state index contributed by atoms with van der Waals surface area (Å²) in [6, 6.07) is 61.7. The third-order valence-electron chi connectivity index (χ3n) is 12.3. The van der Waals surface area contributed by atoms with Gasteiger partial charge in [-0.25, -0.2) is 15.0 Å². The van der Waals surface area contributed by atoms with E-state index in [1.807, 2.05) is 170 Å². The summed E-state index contributed by atoms with van der Waals surface area (Å²) < 4.78 is 19.7. The predicted octanol–water partition coefficient (Wildman–Crippen LogP) is 15.4. The number of oxazole rings is 3. The molecule has 9 heteroatoms. The highest BCUT2D eigenvalue weighted by atomic mass is 16.4. The highest BCUT2D eigenvalue weighted by molar-refractivity contribution is 5.84. The molecule has 0 saturated heterocycles. The molecule has 0 atom stereocenters. The van der Waals surface area contributed by atoms with Gasteiger partial charge >= 0.3 is 0 Å². The molecule has 0 aliphatic rings. The van der Waals surface area contributed by atoms with E-state index in [0.29, 0.717) is 35.0 Å². The minimum absolute atomic E-state index is 0.484. The van der Waals surface area contributed by atoms with Gasteiger partial charge in [0.05, 0.1) is 0 Å². The summed E-state index contributed by atoms with van der Waals surface area (Å²) in [7, 11) is 12.2. The van der Waals surface area contributed by atoms with Crippen LogP contribution in [0, 0.1) is 0 Å². The Kier molecular flexibility index (Phi) is 13.4. The zero-order valence-corrected chi connectivity index (χ0v) is 41.2. The van der Waals surface area contributed by atoms with Crippen molar-refractivity contribution < 1.29 is 13.3 Å². The molecule has 0 aliphatic heterocycles. The largest absolute Gasteiger partial charge is 0.436 e. The van der Waals surface area contributed by atoms with Crippen LogP contribution in [-0.4, -0.2) is 57.2 Å². The lowest BCUT2D eigenvalue weighted by atomic mass is 10.0. The standard InChI is InChI=1S/C63H54N6O3/c1-67(2)52-31-25-46(26-32-52)58-61(49-16-10-7-11-17-49)70-55(64-58)37-22-43-40-44(23-38-56-65-59(47-27-33-53(34-28-47)68(3)4)62(71-56)50-18-12-8-13-19-50)42-45(41-43)24-39-57-66-60(48-29-35-54(36-30-48)69(5)6)63(72-57)51-20-14-9-15-21-51/h7-42H,1-6H3/b37-22+,38-23+,39-24+. The molecular formula is C63H54N6O3. The van der Waals surface area contributed by atoms with Gasteiger partial charge in [0.25, 0.3) is 0 Å². The quantitative estimate of drug-likeness (QED) is 0.0997. The molecular weight excluding hydrogens is 889 g/mol. The lowest BCUT2D eigenvalue weighted by Crippen LogP contribution is -2.07. The normalized spacial score (nSPS) is 11.6. The maximum atomic E-state index is 6.55. The Labute approximate surface area is 421 Å². The van der Waals surface area contributed by atoms with Crippen molar-refractivity contribution in [1.82, 2.24) is 15.0 Å². The van der Waals surface area contributed by atoms with Gasteiger partial charge in [0.1, 0.15) is 17.1 Å². The molecule has 72 heavy (non-hydrogen) atoms. The van der Waals surface area contributed by atoms with Crippen LogP contribution in [0.5, 0.6) is 0 Å². The Morgan fingerprint density at radius 3 is 0.778 bits per heavy atom. The van der Waals surface area contributed by atoms with Crippen LogP contribution >= 0.6 is 0 Å². The van der Waals surface area contributed by atoms with Gasteiger partial charge in [0.2, 0.25) is 17.7 Å². The van der Waals surface area contributed by atoms with E-state index in [-0.39, 0.29) is 0 Å². The smallest absolute Gasteiger partial charge is 0.220 e. The summed E-state index contributed by atoms with van der Waals surface area (Å²) in [6.07, 6.45) is 11.8. The first-order valence-corrected chi connectivity index (χ1v) is 23.8. The van der Waals surface area contributed by atoms with Gasteiger partial charge in [0.15, 0.2) is 17.3 Å². The van der Waals surface area contributed by atoms with Crippen LogP contribution in [0.4, 0.5) is 17.1 Å². The van der Waals surface area contributed by atoms with Crippen molar-refractivity contribution in [3.63, 3.8) is 0 Å². The molecule has 0 unspecified atom stereocenters. The van der Waals surface area contributed by atoms with E-state index in [9.17, 15) is 0 Å². The predicted molar refractivity (Wildman–Crippen MR) is 298 cm³/mol. The van der Waals surface area contributed by atoms with E-state index in [0.717, 1.165) is 84.2 Å². The first-order valence-electron chi connectivity index (χ1n) is 23.8. The minimum atomic E-state index is 0.484. The Hall–Kier alpha value is -9.21. The molecule has 354 valence electrons. The number of aromatic nitrogens is 3. The van der Waals surface area contributed by atoms with Crippen molar-refractivity contribution >= 4 is 53.5 Å². The molecule has 9 nitrogen and oxygen atoms in total. The molecule has 3 aromatic heterocycles. The summed E-state index contributed by atoms with van der Waals surface area (Å²) in [4.78, 5) is 21.4. The molecule has 0 amide bonds. The molecule has 0 aliphatic carbocycles. The Bertz CT molecular complexity index is 3120. The van der Waals surface area contributed by atoms with Crippen molar-refractivity contribution in [3.8, 4) is 67.7 Å². The molecule has 3 heterocycles. The monoisotopic (exact) mass is 942 g/mol. The van der Waals surface area contributed by atoms with Crippen LogP contribution in [0.2, 0.25) is 0 Å². The highest BCUT2D eigenvalue weighted by Crippen LogP contribution is 2.37. The van der Waals surface area contributed by atoms with Gasteiger partial charge in [-0.2, -0.15) is 0 Å². The number of benzene rings is 7. The van der Waals surface area contributed by atoms with Crippen molar-refractivity contribution in [1.29, 1.82) is 0 Å². The topological polar surface area (TPSA) is 87.8 Å². The zero-order valence-electron chi connectivity index (χ0n) is 41.2. The second-order valence-corrected chi connectivity index (χ2v) is 18.0. The maximum Gasteiger partial charge on any atom is 0.220 e. The number of hydrogen-bond donors (Lipinski definition) is 0. The molecule has 10 aromatic rings. The average Bonchev–Trinajstić information content (AvgIpc) is 4.18. The molecule has 0 fully saturated rings. The number of nitrogens with zero attached hydrogens (tertiary/aromatic N) is 6. The molecule has 10 rings (SSSR count). The fraction of sp³-hybridized carbons (Fsp3) is 0.0952. The second kappa shape index (κ2) is 20.8. The molecule has 7 aromatic carbocycles. The Morgan fingerprint density at radius 1 is 0.292 bits per heavy atom. The van der Waals surface area contributed by atoms with E-state index in [1.54, 1.807) is 0 Å². The fourth-order valence-electron chi connectivity index (χ4n) is 8.41. The molecule has 0 radical (unpaired) electrons. The Morgan fingerprint density at radius 2 is 0.542 bits per heavy atom. The first kappa shape index (κ1) is 46.5. The van der Waals surface area contributed by atoms with Gasteiger partial charge in [-0.3, -0.25) is 0 Å². The van der Waals surface area contributed by atoms with Crippen molar-refractivity contribution in [3.05, 3.63) is 216 Å². The van der Waals surface area contributed by atoms with E-state index in [4.69, 9.17) is 28.2 Å². The summed E-state index contributed by atoms with van der Waals surface area (Å²) >= 11 is 0. The van der Waals surface area contributed by atoms with Crippen molar-refractivity contribution in [2.24, 2.45) is 0 Å². The number of anilines is 3. The molecule has 0 saturated carbocycles.